The molecular formula is C14H23N3. The molecule has 1 aromatic rings. The fourth-order valence-electron chi connectivity index (χ4n) is 2.26. The summed E-state index contributed by atoms with van der Waals surface area (Å²) in [6.07, 6.45) is 5.87. The lowest BCUT2D eigenvalue weighted by atomic mass is 10.1. The predicted octanol–water partition coefficient (Wildman–Crippen LogP) is 2.16. The van der Waals surface area contributed by atoms with E-state index in [0.29, 0.717) is 6.54 Å². The first-order valence-electron chi connectivity index (χ1n) is 6.68. The summed E-state index contributed by atoms with van der Waals surface area (Å²) >= 11 is 0. The summed E-state index contributed by atoms with van der Waals surface area (Å²) in [7, 11) is 0. The average molecular weight is 233 g/mol. The lowest BCUT2D eigenvalue weighted by Gasteiger charge is -2.22. The largest absolute Gasteiger partial charge is 0.325 e. The molecule has 1 aliphatic carbocycles. The second-order valence-corrected chi connectivity index (χ2v) is 4.99. The molecule has 1 fully saturated rings. The Morgan fingerprint density at radius 1 is 1.47 bits per heavy atom. The summed E-state index contributed by atoms with van der Waals surface area (Å²) < 4.78 is 0. The van der Waals surface area contributed by atoms with Crippen LogP contribution in [0.4, 0.5) is 0 Å². The maximum Gasteiger partial charge on any atom is 0.0584 e. The van der Waals surface area contributed by atoms with Crippen molar-refractivity contribution in [2.45, 2.75) is 39.3 Å². The lowest BCUT2D eigenvalue weighted by molar-refractivity contribution is 0.254. The topological polar surface area (TPSA) is 42.2 Å². The van der Waals surface area contributed by atoms with E-state index >= 15 is 0 Å². The predicted molar refractivity (Wildman–Crippen MR) is 70.4 cm³/mol. The van der Waals surface area contributed by atoms with E-state index in [9.17, 15) is 0 Å². The van der Waals surface area contributed by atoms with Crippen molar-refractivity contribution in [3.8, 4) is 0 Å². The van der Waals surface area contributed by atoms with Crippen molar-refractivity contribution in [1.29, 1.82) is 0 Å². The molecule has 2 rings (SSSR count). The number of pyridine rings is 1. The molecule has 0 radical (unpaired) electrons. The van der Waals surface area contributed by atoms with Crippen molar-refractivity contribution in [3.63, 3.8) is 0 Å². The van der Waals surface area contributed by atoms with Crippen molar-refractivity contribution in [1.82, 2.24) is 9.88 Å². The molecule has 0 spiro atoms. The fourth-order valence-corrected chi connectivity index (χ4v) is 2.26. The van der Waals surface area contributed by atoms with Gasteiger partial charge in [0.2, 0.25) is 0 Å². The van der Waals surface area contributed by atoms with Gasteiger partial charge in [-0.1, -0.05) is 13.0 Å². The van der Waals surface area contributed by atoms with Gasteiger partial charge in [0.15, 0.2) is 0 Å². The summed E-state index contributed by atoms with van der Waals surface area (Å²) in [5.74, 6) is 0.944. The van der Waals surface area contributed by atoms with Crippen LogP contribution in [0.15, 0.2) is 18.3 Å². The van der Waals surface area contributed by atoms with Gasteiger partial charge in [-0.2, -0.15) is 0 Å². The molecule has 0 saturated heterocycles. The Morgan fingerprint density at radius 2 is 2.29 bits per heavy atom. The molecule has 17 heavy (non-hydrogen) atoms. The first kappa shape index (κ1) is 12.5. The van der Waals surface area contributed by atoms with Crippen molar-refractivity contribution >= 4 is 0 Å². The van der Waals surface area contributed by atoms with Crippen LogP contribution < -0.4 is 5.73 Å². The molecule has 0 bridgehead atoms. The van der Waals surface area contributed by atoms with Gasteiger partial charge >= 0.3 is 0 Å². The van der Waals surface area contributed by atoms with Gasteiger partial charge in [0.25, 0.3) is 0 Å². The van der Waals surface area contributed by atoms with Crippen LogP contribution >= 0.6 is 0 Å². The van der Waals surface area contributed by atoms with Crippen LogP contribution in [0.3, 0.4) is 0 Å². The maximum atomic E-state index is 5.73. The molecule has 0 atom stereocenters. The van der Waals surface area contributed by atoms with Gasteiger partial charge in [-0.15, -0.1) is 0 Å². The number of aromatic nitrogens is 1. The number of hydrogen-bond acceptors (Lipinski definition) is 3. The molecule has 1 saturated carbocycles. The Morgan fingerprint density at radius 3 is 2.94 bits per heavy atom. The number of nitrogens with zero attached hydrogens (tertiary/aromatic N) is 2. The minimum Gasteiger partial charge on any atom is -0.325 e. The van der Waals surface area contributed by atoms with Gasteiger partial charge in [0.05, 0.1) is 5.69 Å². The van der Waals surface area contributed by atoms with Crippen molar-refractivity contribution in [2.24, 2.45) is 11.7 Å². The summed E-state index contributed by atoms with van der Waals surface area (Å²) in [4.78, 5) is 6.90. The number of nitrogens with two attached hydrogens (primary N) is 1. The van der Waals surface area contributed by atoms with Gasteiger partial charge < -0.3 is 5.73 Å². The Hall–Kier alpha value is -0.930. The molecule has 0 unspecified atom stereocenters. The monoisotopic (exact) mass is 233 g/mol. The van der Waals surface area contributed by atoms with Gasteiger partial charge in [-0.05, 0) is 43.4 Å². The second-order valence-electron chi connectivity index (χ2n) is 4.99. The smallest absolute Gasteiger partial charge is 0.0584 e. The van der Waals surface area contributed by atoms with Crippen LogP contribution in [0.25, 0.3) is 0 Å². The van der Waals surface area contributed by atoms with E-state index in [0.717, 1.165) is 18.2 Å². The van der Waals surface area contributed by atoms with Gasteiger partial charge in [-0.25, -0.2) is 0 Å². The van der Waals surface area contributed by atoms with Crippen LogP contribution in [-0.2, 0) is 13.1 Å². The minimum atomic E-state index is 0.541. The third kappa shape index (κ3) is 3.79. The molecule has 0 aliphatic heterocycles. The maximum absolute atomic E-state index is 5.73. The molecule has 3 nitrogen and oxygen atoms in total. The van der Waals surface area contributed by atoms with Crippen LogP contribution in [0.2, 0.25) is 0 Å². The summed E-state index contributed by atoms with van der Waals surface area (Å²) in [6.45, 7) is 6.21. The number of hydrogen-bond donors (Lipinski definition) is 1. The highest BCUT2D eigenvalue weighted by atomic mass is 15.1. The molecule has 1 aromatic heterocycles. The molecule has 2 N–H and O–H groups in total. The van der Waals surface area contributed by atoms with E-state index < -0.39 is 0 Å². The first-order chi connectivity index (χ1) is 8.33. The standard InChI is InChI=1S/C14H23N3/c1-2-8-17(10-12-5-6-12)11-13-4-3-7-16-14(13)9-15/h3-4,7,12H,2,5-6,8-11,15H2,1H3. The van der Waals surface area contributed by atoms with E-state index in [4.69, 9.17) is 5.73 Å². The highest BCUT2D eigenvalue weighted by molar-refractivity contribution is 5.19. The third-order valence-corrected chi connectivity index (χ3v) is 3.32. The Bertz CT molecular complexity index is 347. The minimum absolute atomic E-state index is 0.541. The van der Waals surface area contributed by atoms with Crippen molar-refractivity contribution < 1.29 is 0 Å². The van der Waals surface area contributed by atoms with Crippen LogP contribution in [0.1, 0.15) is 37.4 Å². The number of rotatable bonds is 7. The molecule has 94 valence electrons. The lowest BCUT2D eigenvalue weighted by Crippen LogP contribution is -2.27. The highest BCUT2D eigenvalue weighted by Crippen LogP contribution is 2.30. The Kier molecular flexibility index (Phi) is 4.51. The molecule has 3 heteroatoms. The van der Waals surface area contributed by atoms with Gasteiger partial charge in [0, 0.05) is 25.8 Å². The average Bonchev–Trinajstić information content (AvgIpc) is 3.14. The van der Waals surface area contributed by atoms with Crippen molar-refractivity contribution in [3.05, 3.63) is 29.6 Å². The zero-order chi connectivity index (χ0) is 12.1. The Labute approximate surface area is 104 Å². The SMILES string of the molecule is CCCN(Cc1cccnc1CN)CC1CC1. The summed E-state index contributed by atoms with van der Waals surface area (Å²) in [5, 5.41) is 0. The molecular weight excluding hydrogens is 210 g/mol. The van der Waals surface area contributed by atoms with Gasteiger partial charge in [-0.3, -0.25) is 9.88 Å². The molecule has 1 heterocycles. The molecule has 0 amide bonds. The third-order valence-electron chi connectivity index (χ3n) is 3.32. The highest BCUT2D eigenvalue weighted by Gasteiger charge is 2.24. The van der Waals surface area contributed by atoms with E-state index in [1.54, 1.807) is 0 Å². The van der Waals surface area contributed by atoms with E-state index in [1.807, 2.05) is 12.3 Å². The summed E-state index contributed by atoms with van der Waals surface area (Å²) in [5.41, 5.74) is 8.07. The van der Waals surface area contributed by atoms with Crippen LogP contribution in [-0.4, -0.2) is 23.0 Å². The van der Waals surface area contributed by atoms with Gasteiger partial charge in [0.1, 0.15) is 0 Å². The molecule has 0 aromatic carbocycles. The van der Waals surface area contributed by atoms with E-state index in [-0.39, 0.29) is 0 Å². The first-order valence-corrected chi connectivity index (χ1v) is 6.68. The zero-order valence-corrected chi connectivity index (χ0v) is 10.7. The Balaban J connectivity index is 1.99. The summed E-state index contributed by atoms with van der Waals surface area (Å²) in [6, 6.07) is 4.17. The van der Waals surface area contributed by atoms with Crippen molar-refractivity contribution in [2.75, 3.05) is 13.1 Å². The van der Waals surface area contributed by atoms with Crippen LogP contribution in [0, 0.1) is 5.92 Å². The quantitative estimate of drug-likeness (QED) is 0.784. The normalized spacial score (nSPS) is 15.5. The molecule has 1 aliphatic rings. The zero-order valence-electron chi connectivity index (χ0n) is 10.7. The van der Waals surface area contributed by atoms with Crippen LogP contribution in [0.5, 0.6) is 0 Å². The van der Waals surface area contributed by atoms with E-state index in [1.165, 1.54) is 37.9 Å². The fraction of sp³-hybridized carbons (Fsp3) is 0.643. The second kappa shape index (κ2) is 6.12. The van der Waals surface area contributed by atoms with E-state index in [2.05, 4.69) is 22.9 Å².